The van der Waals surface area contributed by atoms with Crippen LogP contribution in [0.2, 0.25) is 0 Å². The van der Waals surface area contributed by atoms with Crippen LogP contribution in [0.3, 0.4) is 0 Å². The predicted molar refractivity (Wildman–Crippen MR) is 172 cm³/mol. The van der Waals surface area contributed by atoms with E-state index in [2.05, 4.69) is 165 Å². The fraction of sp³-hybridized carbons (Fsp3) is 0.189. The van der Waals surface area contributed by atoms with Crippen LogP contribution in [-0.4, -0.2) is 14.1 Å². The Labute approximate surface area is 239 Å². The maximum atomic E-state index is 3.63. The molecule has 0 atom stereocenters. The molecule has 2 N–H and O–H groups in total. The van der Waals surface area contributed by atoms with Crippen molar-refractivity contribution in [2.24, 2.45) is 0 Å². The number of nitrogens with zero attached hydrogens (tertiary/aromatic N) is 1. The van der Waals surface area contributed by atoms with E-state index < -0.39 is 0 Å². The Kier molecular flexibility index (Phi) is 8.51. The molecule has 0 aliphatic rings. The summed E-state index contributed by atoms with van der Waals surface area (Å²) in [5.74, 6) is 0.139. The van der Waals surface area contributed by atoms with E-state index >= 15 is 0 Å². The monoisotopic (exact) mass is 525 g/mol. The number of rotatable bonds is 10. The fourth-order valence-corrected chi connectivity index (χ4v) is 5.26. The first-order chi connectivity index (χ1) is 19.5. The minimum atomic E-state index is 0.139. The van der Waals surface area contributed by atoms with Gasteiger partial charge >= 0.3 is 0 Å². The second kappa shape index (κ2) is 12.6. The zero-order valence-electron chi connectivity index (χ0n) is 24.0. The molecule has 40 heavy (non-hydrogen) atoms. The Morgan fingerprint density at radius 1 is 0.525 bits per heavy atom. The summed E-state index contributed by atoms with van der Waals surface area (Å²) in [4.78, 5) is 2.15. The summed E-state index contributed by atoms with van der Waals surface area (Å²) >= 11 is 0. The van der Waals surface area contributed by atoms with Gasteiger partial charge < -0.3 is 15.5 Å². The molecule has 0 aromatic heterocycles. The summed E-state index contributed by atoms with van der Waals surface area (Å²) in [7, 11) is 4.17. The van der Waals surface area contributed by atoms with Crippen molar-refractivity contribution in [2.45, 2.75) is 32.9 Å². The van der Waals surface area contributed by atoms with E-state index in [0.717, 1.165) is 13.1 Å². The fourth-order valence-electron chi connectivity index (χ4n) is 5.26. The summed E-state index contributed by atoms with van der Waals surface area (Å²) in [6, 6.07) is 43.8. The van der Waals surface area contributed by atoms with Gasteiger partial charge in [-0.3, -0.25) is 0 Å². The molecule has 0 saturated carbocycles. The van der Waals surface area contributed by atoms with Gasteiger partial charge in [0.1, 0.15) is 0 Å². The molecule has 5 rings (SSSR count). The Balaban J connectivity index is 1.44. The molecular weight excluding hydrogens is 486 g/mol. The maximum Gasteiger partial charge on any atom is 0.0400 e. The largest absolute Gasteiger partial charge is 0.381 e. The van der Waals surface area contributed by atoms with Crippen molar-refractivity contribution in [3.05, 3.63) is 160 Å². The van der Waals surface area contributed by atoms with Crippen molar-refractivity contribution in [3.8, 4) is 0 Å². The number of anilines is 3. The van der Waals surface area contributed by atoms with Crippen LogP contribution in [0, 0.1) is 13.8 Å². The molecule has 0 aliphatic carbocycles. The Morgan fingerprint density at radius 3 is 1.35 bits per heavy atom. The van der Waals surface area contributed by atoms with Crippen LogP contribution in [0.1, 0.15) is 44.9 Å². The molecule has 0 heterocycles. The minimum absolute atomic E-state index is 0.139. The zero-order chi connectivity index (χ0) is 27.9. The summed E-state index contributed by atoms with van der Waals surface area (Å²) < 4.78 is 0. The number of hydrogen-bond donors (Lipinski definition) is 2. The summed E-state index contributed by atoms with van der Waals surface area (Å²) in [6.45, 7) is 6.02. The Bertz CT molecular complexity index is 1430. The van der Waals surface area contributed by atoms with E-state index in [4.69, 9.17) is 0 Å². The van der Waals surface area contributed by atoms with Crippen LogP contribution in [0.5, 0.6) is 0 Å². The highest BCUT2D eigenvalue weighted by atomic mass is 15.1. The van der Waals surface area contributed by atoms with Gasteiger partial charge in [0.05, 0.1) is 0 Å². The molecule has 5 aromatic rings. The number of hydrogen-bond acceptors (Lipinski definition) is 3. The van der Waals surface area contributed by atoms with Gasteiger partial charge in [0, 0.05) is 50.2 Å². The van der Waals surface area contributed by atoms with Crippen LogP contribution in [0.15, 0.2) is 121 Å². The highest BCUT2D eigenvalue weighted by Gasteiger charge is 2.19. The first-order valence-corrected chi connectivity index (χ1v) is 14.0. The van der Waals surface area contributed by atoms with Crippen LogP contribution < -0.4 is 15.5 Å². The Hall–Kier alpha value is -4.50. The molecule has 5 aromatic carbocycles. The first kappa shape index (κ1) is 27.1. The molecule has 0 aliphatic heterocycles. The van der Waals surface area contributed by atoms with Gasteiger partial charge in [0.15, 0.2) is 0 Å². The molecule has 0 radical (unpaired) electrons. The van der Waals surface area contributed by atoms with Crippen molar-refractivity contribution in [2.75, 3.05) is 29.6 Å². The lowest BCUT2D eigenvalue weighted by atomic mass is 9.83. The number of aryl methyl sites for hydroxylation is 2. The molecule has 3 nitrogen and oxygen atoms in total. The predicted octanol–water partition coefficient (Wildman–Crippen LogP) is 8.77. The third kappa shape index (κ3) is 6.55. The molecule has 0 unspecified atom stereocenters. The van der Waals surface area contributed by atoms with Crippen LogP contribution in [0.25, 0.3) is 0 Å². The van der Waals surface area contributed by atoms with E-state index in [1.54, 1.807) is 0 Å². The van der Waals surface area contributed by atoms with E-state index in [0.29, 0.717) is 0 Å². The lowest BCUT2D eigenvalue weighted by molar-refractivity contribution is 0.968. The van der Waals surface area contributed by atoms with Gasteiger partial charge in [-0.25, -0.2) is 0 Å². The standard InChI is InChI=1S/C37H39N3/c1-27-23-32(17-21-35(27)38-25-29-11-7-5-8-12-29)37(31-15-19-34(20-16-31)40(3)4)33-18-22-36(28(2)24-33)39-26-30-13-9-6-10-14-30/h5-24,37-39H,25-26H2,1-4H3. The molecule has 0 saturated heterocycles. The lowest BCUT2D eigenvalue weighted by Gasteiger charge is -2.23. The van der Waals surface area contributed by atoms with E-state index in [1.807, 2.05) is 0 Å². The minimum Gasteiger partial charge on any atom is -0.381 e. The highest BCUT2D eigenvalue weighted by Crippen LogP contribution is 2.36. The molecule has 202 valence electrons. The summed E-state index contributed by atoms with van der Waals surface area (Å²) in [5.41, 5.74) is 12.5. The van der Waals surface area contributed by atoms with Crippen molar-refractivity contribution in [1.29, 1.82) is 0 Å². The molecule has 0 amide bonds. The SMILES string of the molecule is Cc1cc(C(c2ccc(N(C)C)cc2)c2ccc(NCc3ccccc3)c(C)c2)ccc1NCc1ccccc1. The van der Waals surface area contributed by atoms with Crippen molar-refractivity contribution in [3.63, 3.8) is 0 Å². The van der Waals surface area contributed by atoms with E-state index in [-0.39, 0.29) is 5.92 Å². The van der Waals surface area contributed by atoms with Gasteiger partial charge in [-0.2, -0.15) is 0 Å². The smallest absolute Gasteiger partial charge is 0.0400 e. The van der Waals surface area contributed by atoms with E-state index in [1.165, 1.54) is 56.0 Å². The van der Waals surface area contributed by atoms with Gasteiger partial charge in [-0.15, -0.1) is 0 Å². The zero-order valence-corrected chi connectivity index (χ0v) is 24.0. The van der Waals surface area contributed by atoms with Gasteiger partial charge in [-0.05, 0) is 77.1 Å². The second-order valence-electron chi connectivity index (χ2n) is 10.7. The average molecular weight is 526 g/mol. The van der Waals surface area contributed by atoms with Gasteiger partial charge in [0.2, 0.25) is 0 Å². The third-order valence-electron chi connectivity index (χ3n) is 7.56. The molecule has 3 heteroatoms. The van der Waals surface area contributed by atoms with Crippen molar-refractivity contribution >= 4 is 17.1 Å². The lowest BCUT2D eigenvalue weighted by Crippen LogP contribution is -2.10. The number of benzene rings is 5. The quantitative estimate of drug-likeness (QED) is 0.178. The first-order valence-electron chi connectivity index (χ1n) is 14.0. The highest BCUT2D eigenvalue weighted by molar-refractivity contribution is 5.59. The van der Waals surface area contributed by atoms with Crippen molar-refractivity contribution < 1.29 is 0 Å². The average Bonchev–Trinajstić information content (AvgIpc) is 2.98. The number of nitrogens with one attached hydrogen (secondary N) is 2. The van der Waals surface area contributed by atoms with Crippen LogP contribution >= 0.6 is 0 Å². The summed E-state index contributed by atoms with van der Waals surface area (Å²) in [5, 5.41) is 7.25. The van der Waals surface area contributed by atoms with E-state index in [9.17, 15) is 0 Å². The van der Waals surface area contributed by atoms with Gasteiger partial charge in [-0.1, -0.05) is 97.1 Å². The maximum absolute atomic E-state index is 3.63. The van der Waals surface area contributed by atoms with Gasteiger partial charge in [0.25, 0.3) is 0 Å². The molecule has 0 spiro atoms. The van der Waals surface area contributed by atoms with Crippen LogP contribution in [-0.2, 0) is 13.1 Å². The third-order valence-corrected chi connectivity index (χ3v) is 7.56. The Morgan fingerprint density at radius 2 is 0.950 bits per heavy atom. The second-order valence-corrected chi connectivity index (χ2v) is 10.7. The topological polar surface area (TPSA) is 27.3 Å². The summed E-state index contributed by atoms with van der Waals surface area (Å²) in [6.07, 6.45) is 0. The molecule has 0 fully saturated rings. The van der Waals surface area contributed by atoms with Crippen LogP contribution in [0.4, 0.5) is 17.1 Å². The van der Waals surface area contributed by atoms with Crippen molar-refractivity contribution in [1.82, 2.24) is 0 Å². The molecular formula is C37H39N3. The molecule has 0 bridgehead atoms. The normalized spacial score (nSPS) is 10.9.